The molecule has 1 fully saturated rings. The summed E-state index contributed by atoms with van der Waals surface area (Å²) < 4.78 is 5.39. The fourth-order valence-electron chi connectivity index (χ4n) is 2.31. The molecule has 4 heteroatoms. The molecule has 1 aromatic heterocycles. The Morgan fingerprint density at radius 1 is 1.44 bits per heavy atom. The molecule has 1 saturated carbocycles. The average Bonchev–Trinajstić information content (AvgIpc) is 2.94. The maximum atomic E-state index is 5.39. The van der Waals surface area contributed by atoms with Crippen molar-refractivity contribution in [3.05, 3.63) is 16.1 Å². The quantitative estimate of drug-likeness (QED) is 0.911. The third-order valence-electron chi connectivity index (χ3n) is 3.58. The van der Waals surface area contributed by atoms with Gasteiger partial charge in [-0.15, -0.1) is 11.3 Å². The highest BCUT2D eigenvalue weighted by Gasteiger charge is 2.24. The molecule has 0 bridgehead atoms. The van der Waals surface area contributed by atoms with Crippen LogP contribution >= 0.6 is 11.3 Å². The zero-order valence-corrected chi connectivity index (χ0v) is 12.6. The molecule has 1 heterocycles. The summed E-state index contributed by atoms with van der Waals surface area (Å²) in [5.41, 5.74) is 1.36. The number of ether oxygens (including phenoxy) is 1. The van der Waals surface area contributed by atoms with E-state index in [1.54, 1.807) is 11.3 Å². The van der Waals surface area contributed by atoms with Gasteiger partial charge < -0.3 is 10.1 Å². The van der Waals surface area contributed by atoms with E-state index in [0.717, 1.165) is 13.0 Å². The molecule has 2 rings (SSSR count). The lowest BCUT2D eigenvalue weighted by Crippen LogP contribution is -2.26. The first kappa shape index (κ1) is 14.0. The van der Waals surface area contributed by atoms with Gasteiger partial charge in [0.1, 0.15) is 5.01 Å². The maximum Gasteiger partial charge on any atom is 0.107 e. The summed E-state index contributed by atoms with van der Waals surface area (Å²) in [6.07, 6.45) is 3.98. The summed E-state index contributed by atoms with van der Waals surface area (Å²) in [5, 5.41) is 6.97. The molecule has 1 N–H and O–H groups in total. The van der Waals surface area contributed by atoms with Crippen LogP contribution in [0.5, 0.6) is 0 Å². The smallest absolute Gasteiger partial charge is 0.107 e. The number of aromatic nitrogens is 1. The van der Waals surface area contributed by atoms with Gasteiger partial charge in [0.05, 0.1) is 11.8 Å². The summed E-state index contributed by atoms with van der Waals surface area (Å²) in [7, 11) is 1.81. The van der Waals surface area contributed by atoms with Gasteiger partial charge in [0.2, 0.25) is 0 Å². The van der Waals surface area contributed by atoms with Crippen molar-refractivity contribution in [3.8, 4) is 0 Å². The van der Waals surface area contributed by atoms with Crippen molar-refractivity contribution in [1.29, 1.82) is 0 Å². The Hall–Kier alpha value is -0.450. The highest BCUT2D eigenvalue weighted by atomic mass is 32.1. The van der Waals surface area contributed by atoms with Crippen LogP contribution in [0.25, 0.3) is 0 Å². The fraction of sp³-hybridized carbons (Fsp3) is 0.786. The molecule has 1 aliphatic carbocycles. The summed E-state index contributed by atoms with van der Waals surface area (Å²) in [5.74, 6) is 0. The van der Waals surface area contributed by atoms with Crippen LogP contribution in [0.15, 0.2) is 5.38 Å². The van der Waals surface area contributed by atoms with Crippen molar-refractivity contribution < 1.29 is 4.74 Å². The van der Waals surface area contributed by atoms with Crippen molar-refractivity contribution >= 4 is 11.3 Å². The van der Waals surface area contributed by atoms with Gasteiger partial charge in [0.25, 0.3) is 0 Å². The van der Waals surface area contributed by atoms with Crippen LogP contribution in [0.4, 0.5) is 0 Å². The lowest BCUT2D eigenvalue weighted by atomic mass is 9.93. The van der Waals surface area contributed by atoms with E-state index < -0.39 is 0 Å². The molecule has 0 aromatic carbocycles. The SMILES string of the molecule is COC1CCC(NCc2nc(C(C)(C)C)cs2)C1. The Morgan fingerprint density at radius 2 is 2.22 bits per heavy atom. The van der Waals surface area contributed by atoms with Gasteiger partial charge in [-0.05, 0) is 19.3 Å². The van der Waals surface area contributed by atoms with Gasteiger partial charge >= 0.3 is 0 Å². The molecule has 2 unspecified atom stereocenters. The number of nitrogens with zero attached hydrogens (tertiary/aromatic N) is 1. The van der Waals surface area contributed by atoms with Gasteiger partial charge in [-0.25, -0.2) is 4.98 Å². The first-order valence-electron chi connectivity index (χ1n) is 6.70. The molecule has 0 aliphatic heterocycles. The number of thiazole rings is 1. The van der Waals surface area contributed by atoms with E-state index in [1.807, 2.05) is 7.11 Å². The molecule has 1 aliphatic rings. The maximum absolute atomic E-state index is 5.39. The van der Waals surface area contributed by atoms with Crippen LogP contribution in [0.1, 0.15) is 50.7 Å². The zero-order chi connectivity index (χ0) is 13.2. The minimum Gasteiger partial charge on any atom is -0.381 e. The van der Waals surface area contributed by atoms with Crippen LogP contribution < -0.4 is 5.32 Å². The molecule has 0 spiro atoms. The summed E-state index contributed by atoms with van der Waals surface area (Å²) in [4.78, 5) is 4.71. The Labute approximate surface area is 114 Å². The monoisotopic (exact) mass is 268 g/mol. The van der Waals surface area contributed by atoms with Crippen molar-refractivity contribution in [2.24, 2.45) is 0 Å². The summed E-state index contributed by atoms with van der Waals surface area (Å²) >= 11 is 1.76. The first-order valence-corrected chi connectivity index (χ1v) is 7.58. The highest BCUT2D eigenvalue weighted by molar-refractivity contribution is 7.09. The number of hydrogen-bond donors (Lipinski definition) is 1. The second-order valence-electron chi connectivity index (χ2n) is 6.13. The zero-order valence-electron chi connectivity index (χ0n) is 11.8. The Balaban J connectivity index is 1.82. The third-order valence-corrected chi connectivity index (χ3v) is 4.43. The molecule has 3 nitrogen and oxygen atoms in total. The van der Waals surface area contributed by atoms with E-state index in [4.69, 9.17) is 9.72 Å². The van der Waals surface area contributed by atoms with Crippen molar-refractivity contribution in [1.82, 2.24) is 10.3 Å². The van der Waals surface area contributed by atoms with Crippen molar-refractivity contribution in [3.63, 3.8) is 0 Å². The predicted molar refractivity (Wildman–Crippen MR) is 76.1 cm³/mol. The van der Waals surface area contributed by atoms with E-state index >= 15 is 0 Å². The molecule has 18 heavy (non-hydrogen) atoms. The molecule has 2 atom stereocenters. The minimum atomic E-state index is 0.156. The van der Waals surface area contributed by atoms with Gasteiger partial charge in [-0.1, -0.05) is 20.8 Å². The van der Waals surface area contributed by atoms with Gasteiger partial charge in [0, 0.05) is 30.5 Å². The lowest BCUT2D eigenvalue weighted by molar-refractivity contribution is 0.107. The first-order chi connectivity index (χ1) is 8.49. The van der Waals surface area contributed by atoms with Crippen LogP contribution in [-0.4, -0.2) is 24.2 Å². The fourth-order valence-corrected chi connectivity index (χ4v) is 3.28. The Bertz CT molecular complexity index is 383. The van der Waals surface area contributed by atoms with Crippen molar-refractivity contribution in [2.75, 3.05) is 7.11 Å². The third kappa shape index (κ3) is 3.53. The molecule has 102 valence electrons. The minimum absolute atomic E-state index is 0.156. The standard InChI is InChI=1S/C14H24N2OS/c1-14(2,3)12-9-18-13(16-12)8-15-10-5-6-11(7-10)17-4/h9-11,15H,5-8H2,1-4H3. The van der Waals surface area contributed by atoms with E-state index in [2.05, 4.69) is 31.5 Å². The summed E-state index contributed by atoms with van der Waals surface area (Å²) in [6.45, 7) is 7.51. The molecular weight excluding hydrogens is 244 g/mol. The second-order valence-corrected chi connectivity index (χ2v) is 7.07. The van der Waals surface area contributed by atoms with E-state index in [0.29, 0.717) is 12.1 Å². The Kier molecular flexibility index (Phi) is 4.41. The van der Waals surface area contributed by atoms with Crippen molar-refractivity contribution in [2.45, 2.75) is 64.1 Å². The van der Waals surface area contributed by atoms with Gasteiger partial charge in [-0.2, -0.15) is 0 Å². The van der Waals surface area contributed by atoms with E-state index in [-0.39, 0.29) is 5.41 Å². The predicted octanol–water partition coefficient (Wildman–Crippen LogP) is 3.10. The second kappa shape index (κ2) is 5.68. The molecule has 0 amide bonds. The normalized spacial score (nSPS) is 24.7. The molecule has 0 radical (unpaired) electrons. The Morgan fingerprint density at radius 3 is 2.78 bits per heavy atom. The average molecular weight is 268 g/mol. The molecule has 1 aromatic rings. The van der Waals surface area contributed by atoms with E-state index in [9.17, 15) is 0 Å². The number of rotatable bonds is 4. The largest absolute Gasteiger partial charge is 0.381 e. The number of methoxy groups -OCH3 is 1. The number of hydrogen-bond acceptors (Lipinski definition) is 4. The van der Waals surface area contributed by atoms with Gasteiger partial charge in [0.15, 0.2) is 0 Å². The van der Waals surface area contributed by atoms with Crippen LogP contribution in [-0.2, 0) is 16.7 Å². The van der Waals surface area contributed by atoms with Gasteiger partial charge in [-0.3, -0.25) is 0 Å². The highest BCUT2D eigenvalue weighted by Crippen LogP contribution is 2.25. The van der Waals surface area contributed by atoms with Crippen LogP contribution in [0.2, 0.25) is 0 Å². The lowest BCUT2D eigenvalue weighted by Gasteiger charge is -2.14. The topological polar surface area (TPSA) is 34.1 Å². The van der Waals surface area contributed by atoms with Crippen LogP contribution in [0, 0.1) is 0 Å². The van der Waals surface area contributed by atoms with Crippen LogP contribution in [0.3, 0.4) is 0 Å². The van der Waals surface area contributed by atoms with E-state index in [1.165, 1.54) is 23.5 Å². The number of nitrogens with one attached hydrogen (secondary N) is 1. The summed E-state index contributed by atoms with van der Waals surface area (Å²) in [6, 6.07) is 0.594. The molecular formula is C14H24N2OS. The molecule has 0 saturated heterocycles.